The average Bonchev–Trinajstić information content (AvgIpc) is 3.52. The molecule has 0 atom stereocenters. The normalized spacial score (nSPS) is 11.5. The molecule has 30 heavy (non-hydrogen) atoms. The minimum atomic E-state index is -0.292. The van der Waals surface area contributed by atoms with Crippen LogP contribution in [0.2, 0.25) is 0 Å². The third-order valence-corrected chi connectivity index (χ3v) is 6.17. The second-order valence-corrected chi connectivity index (χ2v) is 8.14. The van der Waals surface area contributed by atoms with E-state index in [4.69, 9.17) is 9.15 Å². The molecule has 0 fully saturated rings. The van der Waals surface area contributed by atoms with Crippen LogP contribution in [0.25, 0.3) is 20.4 Å². The van der Waals surface area contributed by atoms with E-state index in [1.807, 2.05) is 30.3 Å². The molecule has 0 aliphatic heterocycles. The Labute approximate surface area is 178 Å². The summed E-state index contributed by atoms with van der Waals surface area (Å²) in [6.45, 7) is 0. The van der Waals surface area contributed by atoms with Crippen molar-refractivity contribution in [2.45, 2.75) is 0 Å². The number of furan rings is 1. The molecular formula is C21H14N4O3S2. The van der Waals surface area contributed by atoms with Crippen molar-refractivity contribution in [1.29, 1.82) is 0 Å². The highest BCUT2D eigenvalue weighted by atomic mass is 32.1. The van der Waals surface area contributed by atoms with Crippen LogP contribution in [-0.2, 0) is 0 Å². The Bertz CT molecular complexity index is 1370. The molecule has 148 valence electrons. The van der Waals surface area contributed by atoms with Gasteiger partial charge in [0.2, 0.25) is 5.13 Å². The number of fused-ring (bicyclic) bond motifs is 2. The van der Waals surface area contributed by atoms with Gasteiger partial charge in [0.25, 0.3) is 5.91 Å². The molecule has 2 aromatic carbocycles. The Kier molecular flexibility index (Phi) is 4.74. The van der Waals surface area contributed by atoms with Gasteiger partial charge in [-0.2, -0.15) is 10.1 Å². The molecule has 1 amide bonds. The average molecular weight is 435 g/mol. The minimum absolute atomic E-state index is 0.292. The van der Waals surface area contributed by atoms with Crippen molar-refractivity contribution in [3.63, 3.8) is 0 Å². The number of nitrogens with zero attached hydrogens (tertiary/aromatic N) is 4. The lowest BCUT2D eigenvalue weighted by molar-refractivity contribution is 0.0988. The van der Waals surface area contributed by atoms with Crippen LogP contribution in [0.3, 0.4) is 0 Å². The highest BCUT2D eigenvalue weighted by Gasteiger charge is 2.22. The van der Waals surface area contributed by atoms with Crippen molar-refractivity contribution in [3.05, 3.63) is 71.6 Å². The van der Waals surface area contributed by atoms with Crippen molar-refractivity contribution < 1.29 is 13.9 Å². The van der Waals surface area contributed by atoms with Gasteiger partial charge in [0, 0.05) is 5.56 Å². The van der Waals surface area contributed by atoms with E-state index in [1.54, 1.807) is 37.1 Å². The number of carbonyl (C=O) groups excluding carboxylic acids is 1. The van der Waals surface area contributed by atoms with Gasteiger partial charge in [0.1, 0.15) is 11.5 Å². The molecule has 3 heterocycles. The molecule has 9 heteroatoms. The number of aromatic nitrogens is 2. The number of hydrogen-bond acceptors (Lipinski definition) is 8. The number of amides is 1. The largest absolute Gasteiger partial charge is 0.497 e. The number of thiazole rings is 2. The van der Waals surface area contributed by atoms with Crippen LogP contribution in [-0.4, -0.2) is 29.2 Å². The number of hydrogen-bond donors (Lipinski definition) is 0. The molecule has 7 nitrogen and oxygen atoms in total. The van der Waals surface area contributed by atoms with Crippen molar-refractivity contribution in [2.75, 3.05) is 12.1 Å². The van der Waals surface area contributed by atoms with Crippen LogP contribution in [0.4, 0.5) is 5.13 Å². The lowest BCUT2D eigenvalue weighted by Gasteiger charge is -2.13. The molecule has 0 saturated carbocycles. The van der Waals surface area contributed by atoms with Crippen LogP contribution in [0.15, 0.2) is 69.8 Å². The SMILES string of the molecule is COc1ccc2nc(N(/N=C/c3ccco3)C(=O)c3ccc4ncsc4c3)sc2c1. The maximum absolute atomic E-state index is 13.4. The summed E-state index contributed by atoms with van der Waals surface area (Å²) >= 11 is 2.84. The van der Waals surface area contributed by atoms with E-state index in [-0.39, 0.29) is 5.91 Å². The quantitative estimate of drug-likeness (QED) is 0.281. The first-order valence-electron chi connectivity index (χ1n) is 8.91. The Morgan fingerprint density at radius 2 is 2.07 bits per heavy atom. The molecule has 5 aromatic rings. The third kappa shape index (κ3) is 3.44. The van der Waals surface area contributed by atoms with Gasteiger partial charge in [-0.3, -0.25) is 4.79 Å². The highest BCUT2D eigenvalue weighted by molar-refractivity contribution is 7.22. The number of rotatable bonds is 5. The molecule has 0 unspecified atom stereocenters. The van der Waals surface area contributed by atoms with Crippen LogP contribution < -0.4 is 9.75 Å². The van der Waals surface area contributed by atoms with Crippen LogP contribution in [0.1, 0.15) is 16.1 Å². The van der Waals surface area contributed by atoms with Crippen LogP contribution >= 0.6 is 22.7 Å². The molecule has 5 rings (SSSR count). The van der Waals surface area contributed by atoms with Gasteiger partial charge in [0.05, 0.1) is 45.5 Å². The number of ether oxygens (including phenoxy) is 1. The van der Waals surface area contributed by atoms with E-state index >= 15 is 0 Å². The molecule has 3 aromatic heterocycles. The molecule has 0 saturated heterocycles. The van der Waals surface area contributed by atoms with E-state index in [2.05, 4.69) is 15.1 Å². The van der Waals surface area contributed by atoms with Gasteiger partial charge in [-0.1, -0.05) is 11.3 Å². The summed E-state index contributed by atoms with van der Waals surface area (Å²) in [6.07, 6.45) is 3.05. The Morgan fingerprint density at radius 1 is 1.17 bits per heavy atom. The Morgan fingerprint density at radius 3 is 2.90 bits per heavy atom. The van der Waals surface area contributed by atoms with E-state index in [9.17, 15) is 4.79 Å². The first kappa shape index (κ1) is 18.5. The topological polar surface area (TPSA) is 80.8 Å². The summed E-state index contributed by atoms with van der Waals surface area (Å²) in [7, 11) is 1.61. The summed E-state index contributed by atoms with van der Waals surface area (Å²) in [5, 5.41) is 6.14. The highest BCUT2D eigenvalue weighted by Crippen LogP contribution is 2.32. The maximum atomic E-state index is 13.4. The fourth-order valence-corrected chi connectivity index (χ4v) is 4.56. The van der Waals surface area contributed by atoms with Gasteiger partial charge in [0.15, 0.2) is 0 Å². The first-order chi connectivity index (χ1) is 14.7. The maximum Gasteiger partial charge on any atom is 0.280 e. The number of carbonyl (C=O) groups is 1. The predicted molar refractivity (Wildman–Crippen MR) is 119 cm³/mol. The third-order valence-electron chi connectivity index (χ3n) is 4.38. The number of anilines is 1. The number of methoxy groups -OCH3 is 1. The number of hydrazone groups is 1. The first-order valence-corrected chi connectivity index (χ1v) is 10.6. The van der Waals surface area contributed by atoms with E-state index in [0.717, 1.165) is 26.2 Å². The molecule has 0 aliphatic carbocycles. The lowest BCUT2D eigenvalue weighted by atomic mass is 10.2. The Balaban J connectivity index is 1.58. The summed E-state index contributed by atoms with van der Waals surface area (Å²) in [5.74, 6) is 0.970. The zero-order valence-corrected chi connectivity index (χ0v) is 17.3. The summed E-state index contributed by atoms with van der Waals surface area (Å²) in [6, 6.07) is 14.5. The standard InChI is InChI=1S/C21H14N4O3S2/c1-27-14-5-7-17-19(10-14)30-21(24-17)25(23-11-15-3-2-8-28-15)20(26)13-4-6-16-18(9-13)29-12-22-16/h2-12H,1H3/b23-11+. The summed E-state index contributed by atoms with van der Waals surface area (Å²) in [5.41, 5.74) is 3.88. The van der Waals surface area contributed by atoms with E-state index in [1.165, 1.54) is 33.9 Å². The molecule has 0 bridgehead atoms. The number of benzene rings is 2. The van der Waals surface area contributed by atoms with E-state index < -0.39 is 0 Å². The van der Waals surface area contributed by atoms with Crippen LogP contribution in [0, 0.1) is 0 Å². The van der Waals surface area contributed by atoms with Gasteiger partial charge in [-0.15, -0.1) is 11.3 Å². The smallest absolute Gasteiger partial charge is 0.280 e. The summed E-state index contributed by atoms with van der Waals surface area (Å²) in [4.78, 5) is 22.2. The predicted octanol–water partition coefficient (Wildman–Crippen LogP) is 5.19. The van der Waals surface area contributed by atoms with Gasteiger partial charge >= 0.3 is 0 Å². The van der Waals surface area contributed by atoms with Crippen molar-refractivity contribution in [1.82, 2.24) is 9.97 Å². The molecule has 0 N–H and O–H groups in total. The summed E-state index contributed by atoms with van der Waals surface area (Å²) < 4.78 is 12.4. The zero-order valence-electron chi connectivity index (χ0n) is 15.7. The monoisotopic (exact) mass is 434 g/mol. The molecule has 0 radical (unpaired) electrons. The zero-order chi connectivity index (χ0) is 20.5. The minimum Gasteiger partial charge on any atom is -0.497 e. The van der Waals surface area contributed by atoms with Crippen LogP contribution in [0.5, 0.6) is 5.75 Å². The molecular weight excluding hydrogens is 420 g/mol. The van der Waals surface area contributed by atoms with Gasteiger partial charge in [-0.05, 0) is 48.5 Å². The van der Waals surface area contributed by atoms with Crippen molar-refractivity contribution >= 4 is 60.4 Å². The van der Waals surface area contributed by atoms with Crippen molar-refractivity contribution in [3.8, 4) is 5.75 Å². The second-order valence-electron chi connectivity index (χ2n) is 6.24. The molecule has 0 aliphatic rings. The Hall–Kier alpha value is -3.56. The fourth-order valence-electron chi connectivity index (χ4n) is 2.89. The van der Waals surface area contributed by atoms with E-state index in [0.29, 0.717) is 16.5 Å². The molecule has 0 spiro atoms. The van der Waals surface area contributed by atoms with Gasteiger partial charge in [-0.25, -0.2) is 9.97 Å². The fraction of sp³-hybridized carbons (Fsp3) is 0.0476. The lowest BCUT2D eigenvalue weighted by Crippen LogP contribution is -2.25. The van der Waals surface area contributed by atoms with Crippen molar-refractivity contribution in [2.24, 2.45) is 5.10 Å². The van der Waals surface area contributed by atoms with Gasteiger partial charge < -0.3 is 9.15 Å². The second kappa shape index (κ2) is 7.69.